The van der Waals surface area contributed by atoms with Gasteiger partial charge < -0.3 is 5.11 Å². The molecule has 0 aliphatic carbocycles. The van der Waals surface area contributed by atoms with Crippen LogP contribution in [0.2, 0.25) is 0 Å². The summed E-state index contributed by atoms with van der Waals surface area (Å²) < 4.78 is 0. The zero-order valence-electron chi connectivity index (χ0n) is 5.69. The van der Waals surface area contributed by atoms with Crippen LogP contribution in [-0.4, -0.2) is 16.1 Å². The fraction of sp³-hybridized carbons (Fsp3) is 0. The van der Waals surface area contributed by atoms with E-state index in [-0.39, 0.29) is 0 Å². The van der Waals surface area contributed by atoms with E-state index in [0.717, 1.165) is 11.6 Å². The van der Waals surface area contributed by atoms with Crippen molar-refractivity contribution in [3.63, 3.8) is 0 Å². The maximum Gasteiger partial charge on any atom is 0.328 e. The van der Waals surface area contributed by atoms with Crippen LogP contribution in [0.4, 0.5) is 0 Å². The molecule has 0 bridgehead atoms. The average molecular weight is 148 g/mol. The lowest BCUT2D eigenvalue weighted by Gasteiger charge is -1.86. The van der Waals surface area contributed by atoms with Gasteiger partial charge in [-0.1, -0.05) is 6.07 Å². The van der Waals surface area contributed by atoms with E-state index in [0.29, 0.717) is 0 Å². The third-order valence-electron chi connectivity index (χ3n) is 1.06. The summed E-state index contributed by atoms with van der Waals surface area (Å²) in [5.41, 5.74) is 0.756. The molecular formula is C8H6NO2. The Labute approximate surface area is 64.0 Å². The Bertz CT molecular complexity index is 267. The summed E-state index contributed by atoms with van der Waals surface area (Å²) >= 11 is 0. The Morgan fingerprint density at radius 1 is 1.73 bits per heavy atom. The number of hydrogen-bond acceptors (Lipinski definition) is 2. The lowest BCUT2D eigenvalue weighted by molar-refractivity contribution is -0.131. The number of rotatable bonds is 2. The molecule has 0 atom stereocenters. The van der Waals surface area contributed by atoms with Gasteiger partial charge in [-0.2, -0.15) is 0 Å². The van der Waals surface area contributed by atoms with Crippen LogP contribution in [0, 0.1) is 6.20 Å². The highest BCUT2D eigenvalue weighted by Crippen LogP contribution is 1.97. The molecule has 0 aliphatic heterocycles. The molecule has 1 radical (unpaired) electrons. The summed E-state index contributed by atoms with van der Waals surface area (Å²) in [6.45, 7) is 0. The third kappa shape index (κ3) is 2.62. The average Bonchev–Trinajstić information content (AvgIpc) is 2.03. The van der Waals surface area contributed by atoms with E-state index in [1.54, 1.807) is 18.3 Å². The van der Waals surface area contributed by atoms with Gasteiger partial charge in [-0.25, -0.2) is 4.79 Å². The maximum atomic E-state index is 10.1. The summed E-state index contributed by atoms with van der Waals surface area (Å²) in [6.07, 6.45) is 6.67. The first-order valence-electron chi connectivity index (χ1n) is 3.02. The summed E-state index contributed by atoms with van der Waals surface area (Å²) in [5.74, 6) is -0.960. The highest BCUT2D eigenvalue weighted by Gasteiger charge is 1.86. The van der Waals surface area contributed by atoms with Crippen LogP contribution < -0.4 is 0 Å². The van der Waals surface area contributed by atoms with Crippen molar-refractivity contribution in [2.24, 2.45) is 0 Å². The Morgan fingerprint density at radius 2 is 2.55 bits per heavy atom. The van der Waals surface area contributed by atoms with Crippen molar-refractivity contribution in [1.82, 2.24) is 4.98 Å². The zero-order chi connectivity index (χ0) is 8.10. The lowest BCUT2D eigenvalue weighted by Crippen LogP contribution is -1.85. The summed E-state index contributed by atoms with van der Waals surface area (Å²) in [6, 6.07) is 3.36. The smallest absolute Gasteiger partial charge is 0.328 e. The molecule has 1 aromatic heterocycles. The first-order valence-corrected chi connectivity index (χ1v) is 3.02. The summed E-state index contributed by atoms with van der Waals surface area (Å²) in [7, 11) is 0. The van der Waals surface area contributed by atoms with E-state index in [9.17, 15) is 4.79 Å². The number of aromatic nitrogens is 1. The number of carboxylic acid groups (broad SMARTS) is 1. The van der Waals surface area contributed by atoms with Gasteiger partial charge in [0, 0.05) is 12.3 Å². The number of pyridine rings is 1. The monoisotopic (exact) mass is 148 g/mol. The van der Waals surface area contributed by atoms with E-state index in [2.05, 4.69) is 11.2 Å². The van der Waals surface area contributed by atoms with Crippen molar-refractivity contribution in [2.75, 3.05) is 0 Å². The third-order valence-corrected chi connectivity index (χ3v) is 1.06. The van der Waals surface area contributed by atoms with E-state index < -0.39 is 5.97 Å². The van der Waals surface area contributed by atoms with Crippen LogP contribution in [-0.2, 0) is 4.79 Å². The van der Waals surface area contributed by atoms with Gasteiger partial charge in [0.05, 0.1) is 6.20 Å². The van der Waals surface area contributed by atoms with Crippen molar-refractivity contribution < 1.29 is 9.90 Å². The predicted molar refractivity (Wildman–Crippen MR) is 39.7 cm³/mol. The van der Waals surface area contributed by atoms with Gasteiger partial charge >= 0.3 is 5.97 Å². The van der Waals surface area contributed by atoms with E-state index >= 15 is 0 Å². The van der Waals surface area contributed by atoms with E-state index in [1.165, 1.54) is 6.08 Å². The second-order valence-corrected chi connectivity index (χ2v) is 1.89. The van der Waals surface area contributed by atoms with Crippen LogP contribution in [0.25, 0.3) is 6.08 Å². The second kappa shape index (κ2) is 3.51. The normalized spacial score (nSPS) is 10.2. The molecule has 3 nitrogen and oxygen atoms in total. The first kappa shape index (κ1) is 7.47. The van der Waals surface area contributed by atoms with Crippen LogP contribution in [0.1, 0.15) is 5.56 Å². The van der Waals surface area contributed by atoms with E-state index in [1.807, 2.05) is 0 Å². The molecule has 0 spiro atoms. The minimum absolute atomic E-state index is 0.756. The van der Waals surface area contributed by atoms with Crippen molar-refractivity contribution in [1.29, 1.82) is 0 Å². The molecule has 0 fully saturated rings. The van der Waals surface area contributed by atoms with Gasteiger partial charge in [0.15, 0.2) is 0 Å². The molecule has 0 amide bonds. The molecular weight excluding hydrogens is 142 g/mol. The Morgan fingerprint density at radius 3 is 3.09 bits per heavy atom. The fourth-order valence-electron chi connectivity index (χ4n) is 0.597. The Balaban J connectivity index is 2.72. The molecule has 0 aromatic carbocycles. The van der Waals surface area contributed by atoms with Crippen molar-refractivity contribution in [3.8, 4) is 0 Å². The topological polar surface area (TPSA) is 50.2 Å². The highest BCUT2D eigenvalue weighted by molar-refractivity contribution is 5.85. The number of aliphatic carboxylic acids is 1. The van der Waals surface area contributed by atoms with Crippen LogP contribution in [0.5, 0.6) is 0 Å². The number of carbonyl (C=O) groups is 1. The predicted octanol–water partition coefficient (Wildman–Crippen LogP) is 0.980. The molecule has 0 saturated heterocycles. The van der Waals surface area contributed by atoms with Gasteiger partial charge in [0.25, 0.3) is 0 Å². The zero-order valence-corrected chi connectivity index (χ0v) is 5.69. The van der Waals surface area contributed by atoms with E-state index in [4.69, 9.17) is 5.11 Å². The molecule has 55 valence electrons. The van der Waals surface area contributed by atoms with Crippen LogP contribution in [0.3, 0.4) is 0 Å². The fourth-order valence-corrected chi connectivity index (χ4v) is 0.597. The molecule has 0 aliphatic rings. The quantitative estimate of drug-likeness (QED) is 0.636. The molecule has 1 N–H and O–H groups in total. The minimum atomic E-state index is -0.960. The van der Waals surface area contributed by atoms with Gasteiger partial charge in [-0.15, -0.1) is 0 Å². The largest absolute Gasteiger partial charge is 0.478 e. The molecule has 11 heavy (non-hydrogen) atoms. The van der Waals surface area contributed by atoms with Gasteiger partial charge in [0.2, 0.25) is 0 Å². The minimum Gasteiger partial charge on any atom is -0.478 e. The Kier molecular flexibility index (Phi) is 2.38. The molecule has 1 rings (SSSR count). The SMILES string of the molecule is O=C(O)C=Cc1cc[c]nc1. The molecule has 0 unspecified atom stereocenters. The van der Waals surface area contributed by atoms with Crippen molar-refractivity contribution >= 4 is 12.0 Å². The number of hydrogen-bond donors (Lipinski definition) is 1. The number of carboxylic acids is 1. The molecule has 1 heterocycles. The van der Waals surface area contributed by atoms with Crippen molar-refractivity contribution in [2.45, 2.75) is 0 Å². The van der Waals surface area contributed by atoms with Gasteiger partial charge in [-0.3, -0.25) is 4.98 Å². The van der Waals surface area contributed by atoms with Crippen molar-refractivity contribution in [3.05, 3.63) is 36.2 Å². The highest BCUT2D eigenvalue weighted by atomic mass is 16.4. The Hall–Kier alpha value is -1.64. The van der Waals surface area contributed by atoms with Gasteiger partial charge in [-0.05, 0) is 17.7 Å². The molecule has 1 aromatic rings. The summed E-state index contributed by atoms with van der Waals surface area (Å²) in [4.78, 5) is 13.8. The lowest BCUT2D eigenvalue weighted by atomic mass is 10.3. The van der Waals surface area contributed by atoms with Crippen LogP contribution >= 0.6 is 0 Å². The van der Waals surface area contributed by atoms with Gasteiger partial charge in [0.1, 0.15) is 0 Å². The number of nitrogens with zero attached hydrogens (tertiary/aromatic N) is 1. The molecule has 0 saturated carbocycles. The maximum absolute atomic E-state index is 10.1. The first-order chi connectivity index (χ1) is 5.29. The summed E-state index contributed by atoms with van der Waals surface area (Å²) in [5, 5.41) is 8.26. The molecule has 3 heteroatoms. The second-order valence-electron chi connectivity index (χ2n) is 1.89. The standard InChI is InChI=1S/C8H6NO2/c10-8(11)4-3-7-2-1-5-9-6-7/h1-4,6H,(H,10,11). The van der Waals surface area contributed by atoms with Crippen LogP contribution in [0.15, 0.2) is 24.4 Å².